The molecule has 40 heavy (non-hydrogen) atoms. The number of nitrogens with one attached hydrogen (secondary N) is 3. The number of nitrogens with two attached hydrogens (primary N) is 1. The molecular weight excluding hydrogens is 512 g/mol. The number of allylic oxidation sites excluding steroid dienone is 3. The van der Waals surface area contributed by atoms with Crippen LogP contribution in [-0.4, -0.2) is 55.9 Å². The van der Waals surface area contributed by atoms with Gasteiger partial charge in [-0.2, -0.15) is 0 Å². The molecule has 2 saturated heterocycles. The number of dihydropyridines is 1. The normalized spacial score (nSPS) is 26.9. The summed E-state index contributed by atoms with van der Waals surface area (Å²) in [6.45, 7) is 16.7. The van der Waals surface area contributed by atoms with Crippen LogP contribution in [0.5, 0.6) is 0 Å². The highest BCUT2D eigenvalue weighted by atomic mass is 19.1. The van der Waals surface area contributed by atoms with E-state index in [9.17, 15) is 8.78 Å². The first kappa shape index (κ1) is 28.1. The molecule has 2 aromatic rings. The number of hydrogen-bond acceptors (Lipinski definition) is 8. The first-order valence-corrected chi connectivity index (χ1v) is 13.7. The molecule has 2 aromatic heterocycles. The van der Waals surface area contributed by atoms with Gasteiger partial charge >= 0.3 is 0 Å². The number of anilines is 1. The molecule has 0 aliphatic carbocycles. The van der Waals surface area contributed by atoms with Gasteiger partial charge in [-0.1, -0.05) is 13.5 Å². The van der Waals surface area contributed by atoms with E-state index in [0.717, 1.165) is 31.6 Å². The van der Waals surface area contributed by atoms with Crippen molar-refractivity contribution in [3.63, 3.8) is 0 Å². The Kier molecular flexibility index (Phi) is 7.41. The van der Waals surface area contributed by atoms with Gasteiger partial charge in [-0.3, -0.25) is 4.90 Å². The molecule has 0 spiro atoms. The zero-order chi connectivity index (χ0) is 28.8. The SMILES string of the molecule is C=C(F)c1nc(C)n(C(C)C)c1/C=C(\C)C1=CC(Nc2ncc(CN3C[C@]4(C)CNCC[C@]34N)cn2)NC=C1F. The lowest BCUT2D eigenvalue weighted by atomic mass is 9.64. The monoisotopic (exact) mass is 551 g/mol. The zero-order valence-electron chi connectivity index (χ0n) is 23.9. The van der Waals surface area contributed by atoms with Crippen LogP contribution in [0.15, 0.2) is 48.2 Å². The highest BCUT2D eigenvalue weighted by Crippen LogP contribution is 2.47. The molecule has 214 valence electrons. The maximum atomic E-state index is 14.9. The van der Waals surface area contributed by atoms with Crippen LogP contribution in [0.25, 0.3) is 11.9 Å². The molecule has 0 bridgehead atoms. The van der Waals surface area contributed by atoms with Crippen molar-refractivity contribution < 1.29 is 8.78 Å². The third-order valence-electron chi connectivity index (χ3n) is 8.37. The quantitative estimate of drug-likeness (QED) is 0.388. The largest absolute Gasteiger partial charge is 0.366 e. The molecule has 3 atom stereocenters. The third kappa shape index (κ3) is 4.97. The van der Waals surface area contributed by atoms with Crippen LogP contribution in [0.4, 0.5) is 14.7 Å². The minimum Gasteiger partial charge on any atom is -0.366 e. The van der Waals surface area contributed by atoms with Gasteiger partial charge in [-0.25, -0.2) is 23.7 Å². The van der Waals surface area contributed by atoms with Gasteiger partial charge in [0.1, 0.15) is 29.3 Å². The molecule has 2 fully saturated rings. The van der Waals surface area contributed by atoms with E-state index < -0.39 is 17.8 Å². The summed E-state index contributed by atoms with van der Waals surface area (Å²) in [6, 6.07) is 0.0391. The summed E-state index contributed by atoms with van der Waals surface area (Å²) in [4.78, 5) is 15.6. The van der Waals surface area contributed by atoms with Crippen molar-refractivity contribution in [2.75, 3.05) is 25.0 Å². The lowest BCUT2D eigenvalue weighted by Gasteiger charge is -2.66. The number of halogens is 2. The number of imidazole rings is 1. The Balaban J connectivity index is 1.30. The summed E-state index contributed by atoms with van der Waals surface area (Å²) >= 11 is 0. The van der Waals surface area contributed by atoms with Gasteiger partial charge in [0.05, 0.1) is 11.4 Å². The van der Waals surface area contributed by atoms with Gasteiger partial charge in [-0.15, -0.1) is 0 Å². The summed E-state index contributed by atoms with van der Waals surface area (Å²) in [5.41, 5.74) is 9.25. The number of hydrogen-bond donors (Lipinski definition) is 4. The second-order valence-electron chi connectivity index (χ2n) is 11.6. The van der Waals surface area contributed by atoms with Crippen LogP contribution in [-0.2, 0) is 6.54 Å². The number of likely N-dealkylation sites (tertiary alicyclic amines) is 1. The van der Waals surface area contributed by atoms with Crippen molar-refractivity contribution >= 4 is 17.9 Å². The Bertz CT molecular complexity index is 1390. The topological polar surface area (TPSA) is 109 Å². The summed E-state index contributed by atoms with van der Waals surface area (Å²) in [5, 5.41) is 9.62. The molecule has 0 amide bonds. The zero-order valence-corrected chi connectivity index (χ0v) is 23.9. The first-order valence-electron chi connectivity index (χ1n) is 13.7. The molecule has 5 heterocycles. The Morgan fingerprint density at radius 1 is 1.35 bits per heavy atom. The van der Waals surface area contributed by atoms with Gasteiger partial charge in [0.2, 0.25) is 5.95 Å². The van der Waals surface area contributed by atoms with E-state index >= 15 is 0 Å². The molecule has 3 aliphatic rings. The molecule has 0 aromatic carbocycles. The van der Waals surface area contributed by atoms with Gasteiger partial charge in [0, 0.05) is 60.8 Å². The summed E-state index contributed by atoms with van der Waals surface area (Å²) < 4.78 is 31.0. The number of aromatic nitrogens is 4. The van der Waals surface area contributed by atoms with Crippen LogP contribution >= 0.6 is 0 Å². The van der Waals surface area contributed by atoms with E-state index in [1.807, 2.05) is 25.3 Å². The Hall–Kier alpha value is -3.41. The van der Waals surface area contributed by atoms with Gasteiger partial charge in [0.15, 0.2) is 0 Å². The van der Waals surface area contributed by atoms with Gasteiger partial charge in [0.25, 0.3) is 0 Å². The van der Waals surface area contributed by atoms with E-state index in [4.69, 9.17) is 5.73 Å². The molecule has 0 radical (unpaired) electrons. The number of fused-ring (bicyclic) bond motifs is 1. The number of nitrogens with zero attached hydrogens (tertiary/aromatic N) is 5. The average molecular weight is 552 g/mol. The van der Waals surface area contributed by atoms with E-state index in [1.165, 1.54) is 6.20 Å². The van der Waals surface area contributed by atoms with Crippen LogP contribution in [0.2, 0.25) is 0 Å². The van der Waals surface area contributed by atoms with Crippen molar-refractivity contribution in [2.24, 2.45) is 11.1 Å². The van der Waals surface area contributed by atoms with Crippen LogP contribution in [0.1, 0.15) is 62.9 Å². The fourth-order valence-corrected chi connectivity index (χ4v) is 6.14. The minimum atomic E-state index is -0.627. The van der Waals surface area contributed by atoms with Crippen molar-refractivity contribution in [3.8, 4) is 0 Å². The Morgan fingerprint density at radius 2 is 2.08 bits per heavy atom. The molecular formula is C29H39F2N9. The second kappa shape index (κ2) is 10.5. The van der Waals surface area contributed by atoms with Crippen molar-refractivity contribution in [1.29, 1.82) is 0 Å². The van der Waals surface area contributed by atoms with E-state index in [1.54, 1.807) is 31.5 Å². The van der Waals surface area contributed by atoms with E-state index in [-0.39, 0.29) is 22.8 Å². The number of aryl methyl sites for hydroxylation is 1. The lowest BCUT2D eigenvalue weighted by Crippen LogP contribution is -2.82. The predicted octanol–water partition coefficient (Wildman–Crippen LogP) is 4.15. The number of rotatable bonds is 8. The van der Waals surface area contributed by atoms with E-state index in [2.05, 4.69) is 49.3 Å². The van der Waals surface area contributed by atoms with Crippen LogP contribution in [0, 0.1) is 12.3 Å². The molecule has 3 aliphatic heterocycles. The van der Waals surface area contributed by atoms with Crippen molar-refractivity contribution in [2.45, 2.75) is 65.5 Å². The fourth-order valence-electron chi connectivity index (χ4n) is 6.14. The molecule has 5 rings (SSSR count). The molecule has 1 unspecified atom stereocenters. The molecule has 11 heteroatoms. The minimum absolute atomic E-state index is 0.0391. The first-order chi connectivity index (χ1) is 18.9. The highest BCUT2D eigenvalue weighted by Gasteiger charge is 2.59. The maximum absolute atomic E-state index is 14.9. The smallest absolute Gasteiger partial charge is 0.224 e. The molecule has 0 saturated carbocycles. The summed E-state index contributed by atoms with van der Waals surface area (Å²) in [6.07, 6.45) is 8.83. The third-order valence-corrected chi connectivity index (χ3v) is 8.37. The Morgan fingerprint density at radius 3 is 2.73 bits per heavy atom. The average Bonchev–Trinajstić information content (AvgIpc) is 3.23. The second-order valence-corrected chi connectivity index (χ2v) is 11.6. The van der Waals surface area contributed by atoms with Gasteiger partial charge < -0.3 is 26.3 Å². The van der Waals surface area contributed by atoms with Crippen molar-refractivity contribution in [3.05, 3.63) is 71.0 Å². The van der Waals surface area contributed by atoms with E-state index in [0.29, 0.717) is 35.2 Å². The van der Waals surface area contributed by atoms with Crippen LogP contribution in [0.3, 0.4) is 0 Å². The number of piperidine rings is 1. The summed E-state index contributed by atoms with van der Waals surface area (Å²) in [7, 11) is 0. The standard InChI is InChI=1S/C29H39F2N9/c1-17(2)40-20(5)37-26(19(4)30)24(40)9-18(3)22-10-25(34-13-23(22)31)38-27-35-11-21(12-36-27)14-39-16-28(6)15-33-8-7-29(28,39)32/h9-13,17,25,33-34H,4,7-8,14-16,32H2,1-3,5-6H3,(H,35,36,38)/b18-9+/t25?,28-,29-/m0/s1. The highest BCUT2D eigenvalue weighted by molar-refractivity contribution is 5.69. The fraction of sp³-hybridized carbons (Fsp3) is 0.483. The van der Waals surface area contributed by atoms with Crippen LogP contribution < -0.4 is 21.7 Å². The molecule has 9 nitrogen and oxygen atoms in total. The molecule has 5 N–H and O–H groups in total. The Labute approximate surface area is 234 Å². The van der Waals surface area contributed by atoms with Gasteiger partial charge in [-0.05, 0) is 58.4 Å². The predicted molar refractivity (Wildman–Crippen MR) is 154 cm³/mol. The van der Waals surface area contributed by atoms with Crippen molar-refractivity contribution in [1.82, 2.24) is 35.1 Å². The lowest BCUT2D eigenvalue weighted by molar-refractivity contribution is -0.168. The summed E-state index contributed by atoms with van der Waals surface area (Å²) in [5.74, 6) is 0.0268. The maximum Gasteiger partial charge on any atom is 0.224 e.